The summed E-state index contributed by atoms with van der Waals surface area (Å²) >= 11 is 3.32. The third-order valence-corrected chi connectivity index (χ3v) is 3.18. The molecule has 1 aliphatic rings. The molecular weight excluding hydrogens is 298 g/mol. The second-order valence-electron chi connectivity index (χ2n) is 4.14. The Hall–Kier alpha value is -0.980. The highest BCUT2D eigenvalue weighted by atomic mass is 79.9. The first-order chi connectivity index (χ1) is 8.74. The summed E-state index contributed by atoms with van der Waals surface area (Å²) in [6.07, 6.45) is 3.81. The molecule has 1 saturated heterocycles. The van der Waals surface area contributed by atoms with Gasteiger partial charge >= 0.3 is 0 Å². The number of hydrogen-bond donors (Lipinski definition) is 1. The highest BCUT2D eigenvalue weighted by Crippen LogP contribution is 2.13. The number of nitrogens with one attached hydrogen (secondary N) is 1. The third-order valence-electron chi connectivity index (χ3n) is 2.75. The Kier molecular flexibility index (Phi) is 5.10. The fourth-order valence-electron chi connectivity index (χ4n) is 1.79. The Morgan fingerprint density at radius 1 is 1.44 bits per heavy atom. The Bertz CT molecular complexity index is 408. The van der Waals surface area contributed by atoms with Gasteiger partial charge in [0, 0.05) is 36.7 Å². The number of anilines is 1. The summed E-state index contributed by atoms with van der Waals surface area (Å²) in [4.78, 5) is 18.0. The van der Waals surface area contributed by atoms with Crippen LogP contribution >= 0.6 is 15.9 Å². The maximum Gasteiger partial charge on any atom is 0.225 e. The lowest BCUT2D eigenvalue weighted by Gasteiger charge is -2.26. The highest BCUT2D eigenvalue weighted by molar-refractivity contribution is 9.10. The van der Waals surface area contributed by atoms with Gasteiger partial charge in [0.1, 0.15) is 0 Å². The van der Waals surface area contributed by atoms with Crippen LogP contribution in [0.5, 0.6) is 0 Å². The van der Waals surface area contributed by atoms with Gasteiger partial charge in [-0.1, -0.05) is 0 Å². The van der Waals surface area contributed by atoms with E-state index in [1.807, 2.05) is 6.07 Å². The largest absolute Gasteiger partial charge is 0.379 e. The molecule has 1 amide bonds. The molecule has 1 aliphatic heterocycles. The SMILES string of the molecule is O=C(CCN1CCOCC1)Nc1cncc(Br)c1. The number of aromatic nitrogens is 1. The quantitative estimate of drug-likeness (QED) is 0.915. The Labute approximate surface area is 115 Å². The summed E-state index contributed by atoms with van der Waals surface area (Å²) in [5.74, 6) is 0.0152. The number of rotatable bonds is 4. The Morgan fingerprint density at radius 2 is 2.22 bits per heavy atom. The van der Waals surface area contributed by atoms with E-state index >= 15 is 0 Å². The van der Waals surface area contributed by atoms with E-state index in [4.69, 9.17) is 4.74 Å². The number of ether oxygens (including phenoxy) is 1. The second-order valence-corrected chi connectivity index (χ2v) is 5.06. The summed E-state index contributed by atoms with van der Waals surface area (Å²) in [6, 6.07) is 1.83. The minimum atomic E-state index is 0.0152. The van der Waals surface area contributed by atoms with Crippen LogP contribution in [0.3, 0.4) is 0 Å². The zero-order valence-electron chi connectivity index (χ0n) is 10.1. The zero-order valence-corrected chi connectivity index (χ0v) is 11.6. The molecule has 1 aromatic heterocycles. The van der Waals surface area contributed by atoms with Crippen LogP contribution < -0.4 is 5.32 Å². The Balaban J connectivity index is 1.74. The number of carbonyl (C=O) groups excluding carboxylic acids is 1. The van der Waals surface area contributed by atoms with Gasteiger partial charge in [0.15, 0.2) is 0 Å². The molecule has 0 aromatic carbocycles. The first-order valence-electron chi connectivity index (χ1n) is 5.94. The van der Waals surface area contributed by atoms with Gasteiger partial charge in [0.2, 0.25) is 5.91 Å². The topological polar surface area (TPSA) is 54.5 Å². The van der Waals surface area contributed by atoms with Gasteiger partial charge in [-0.05, 0) is 22.0 Å². The van der Waals surface area contributed by atoms with Gasteiger partial charge in [-0.3, -0.25) is 14.7 Å². The number of halogens is 1. The summed E-state index contributed by atoms with van der Waals surface area (Å²) in [5, 5.41) is 2.83. The van der Waals surface area contributed by atoms with E-state index in [1.54, 1.807) is 12.4 Å². The van der Waals surface area contributed by atoms with Gasteiger partial charge in [0.05, 0.1) is 25.1 Å². The lowest BCUT2D eigenvalue weighted by Crippen LogP contribution is -2.38. The molecule has 2 heterocycles. The average molecular weight is 314 g/mol. The van der Waals surface area contributed by atoms with Crippen LogP contribution in [-0.2, 0) is 9.53 Å². The molecule has 0 atom stereocenters. The number of pyridine rings is 1. The first kappa shape index (κ1) is 13.5. The van der Waals surface area contributed by atoms with E-state index in [-0.39, 0.29) is 5.91 Å². The predicted octanol–water partition coefficient (Wildman–Crippen LogP) is 1.50. The minimum absolute atomic E-state index is 0.0152. The van der Waals surface area contributed by atoms with E-state index in [1.165, 1.54) is 0 Å². The molecule has 0 bridgehead atoms. The normalized spacial score (nSPS) is 16.5. The lowest BCUT2D eigenvalue weighted by molar-refractivity contribution is -0.116. The number of nitrogens with zero attached hydrogens (tertiary/aromatic N) is 2. The number of hydrogen-bond acceptors (Lipinski definition) is 4. The van der Waals surface area contributed by atoms with Crippen molar-refractivity contribution in [1.82, 2.24) is 9.88 Å². The zero-order chi connectivity index (χ0) is 12.8. The van der Waals surface area contributed by atoms with Gasteiger partial charge in [0.25, 0.3) is 0 Å². The molecule has 0 aliphatic carbocycles. The summed E-state index contributed by atoms with van der Waals surface area (Å²) in [7, 11) is 0. The fraction of sp³-hybridized carbons (Fsp3) is 0.500. The minimum Gasteiger partial charge on any atom is -0.379 e. The van der Waals surface area contributed by atoms with Gasteiger partial charge < -0.3 is 10.1 Å². The summed E-state index contributed by atoms with van der Waals surface area (Å²) in [5.41, 5.74) is 0.719. The Morgan fingerprint density at radius 3 is 2.94 bits per heavy atom. The van der Waals surface area contributed by atoms with Crippen LogP contribution in [0, 0.1) is 0 Å². The van der Waals surface area contributed by atoms with Crippen LogP contribution in [0.25, 0.3) is 0 Å². The van der Waals surface area contributed by atoms with E-state index in [0.29, 0.717) is 6.42 Å². The molecule has 2 rings (SSSR count). The predicted molar refractivity (Wildman–Crippen MR) is 72.4 cm³/mol. The molecule has 18 heavy (non-hydrogen) atoms. The standard InChI is InChI=1S/C12H16BrN3O2/c13-10-7-11(9-14-8-10)15-12(17)1-2-16-3-5-18-6-4-16/h7-9H,1-6H2,(H,15,17). The van der Waals surface area contributed by atoms with E-state index in [9.17, 15) is 4.79 Å². The van der Waals surface area contributed by atoms with Crippen LogP contribution in [0.4, 0.5) is 5.69 Å². The maximum atomic E-state index is 11.8. The number of morpholine rings is 1. The van der Waals surface area contributed by atoms with Crippen molar-refractivity contribution in [3.63, 3.8) is 0 Å². The smallest absolute Gasteiger partial charge is 0.225 e. The molecular formula is C12H16BrN3O2. The molecule has 5 nitrogen and oxygen atoms in total. The molecule has 0 saturated carbocycles. The van der Waals surface area contributed by atoms with Gasteiger partial charge in [-0.25, -0.2) is 0 Å². The third kappa shape index (κ3) is 4.36. The molecule has 1 N–H and O–H groups in total. The second kappa shape index (κ2) is 6.82. The monoisotopic (exact) mass is 313 g/mol. The molecule has 6 heteroatoms. The van der Waals surface area contributed by atoms with Crippen molar-refractivity contribution in [2.24, 2.45) is 0 Å². The van der Waals surface area contributed by atoms with Crippen molar-refractivity contribution in [3.05, 3.63) is 22.9 Å². The van der Waals surface area contributed by atoms with Gasteiger partial charge in [-0.2, -0.15) is 0 Å². The summed E-state index contributed by atoms with van der Waals surface area (Å²) < 4.78 is 6.11. The molecule has 0 spiro atoms. The highest BCUT2D eigenvalue weighted by Gasteiger charge is 2.12. The molecule has 0 radical (unpaired) electrons. The molecule has 98 valence electrons. The van der Waals surface area contributed by atoms with Crippen LogP contribution in [0.2, 0.25) is 0 Å². The van der Waals surface area contributed by atoms with E-state index < -0.39 is 0 Å². The molecule has 1 fully saturated rings. The van der Waals surface area contributed by atoms with Crippen molar-refractivity contribution in [2.75, 3.05) is 38.2 Å². The average Bonchev–Trinajstić information content (AvgIpc) is 2.38. The van der Waals surface area contributed by atoms with Gasteiger partial charge in [-0.15, -0.1) is 0 Å². The first-order valence-corrected chi connectivity index (χ1v) is 6.74. The van der Waals surface area contributed by atoms with E-state index in [2.05, 4.69) is 31.1 Å². The maximum absolute atomic E-state index is 11.8. The van der Waals surface area contributed by atoms with Crippen molar-refractivity contribution in [2.45, 2.75) is 6.42 Å². The molecule has 0 unspecified atom stereocenters. The number of carbonyl (C=O) groups is 1. The van der Waals surface area contributed by atoms with Crippen LogP contribution in [0.1, 0.15) is 6.42 Å². The van der Waals surface area contributed by atoms with Crippen molar-refractivity contribution in [1.29, 1.82) is 0 Å². The van der Waals surface area contributed by atoms with Crippen LogP contribution in [0.15, 0.2) is 22.9 Å². The van der Waals surface area contributed by atoms with Crippen molar-refractivity contribution >= 4 is 27.5 Å². The fourth-order valence-corrected chi connectivity index (χ4v) is 2.15. The van der Waals surface area contributed by atoms with Crippen LogP contribution in [-0.4, -0.2) is 48.6 Å². The van der Waals surface area contributed by atoms with Crippen molar-refractivity contribution < 1.29 is 9.53 Å². The van der Waals surface area contributed by atoms with Crippen molar-refractivity contribution in [3.8, 4) is 0 Å². The summed E-state index contributed by atoms with van der Waals surface area (Å²) in [6.45, 7) is 4.11. The molecule has 1 aromatic rings. The lowest BCUT2D eigenvalue weighted by atomic mass is 10.3. The number of amides is 1. The van der Waals surface area contributed by atoms with E-state index in [0.717, 1.165) is 43.0 Å².